The van der Waals surface area contributed by atoms with E-state index in [0.29, 0.717) is 16.6 Å². The van der Waals surface area contributed by atoms with Crippen LogP contribution in [0.25, 0.3) is 5.57 Å². The molecule has 9 nitrogen and oxygen atoms in total. The molecule has 1 saturated heterocycles. The van der Waals surface area contributed by atoms with Gasteiger partial charge in [-0.3, -0.25) is 9.69 Å². The van der Waals surface area contributed by atoms with Gasteiger partial charge in [0.05, 0.1) is 29.8 Å². The first-order valence-electron chi connectivity index (χ1n) is 13.4. The maximum Gasteiger partial charge on any atom is 0.410 e. The van der Waals surface area contributed by atoms with Crippen molar-refractivity contribution in [1.82, 2.24) is 14.8 Å². The van der Waals surface area contributed by atoms with Crippen LogP contribution in [0.15, 0.2) is 51.7 Å². The van der Waals surface area contributed by atoms with Gasteiger partial charge < -0.3 is 18.8 Å². The number of hydrogen-bond acceptors (Lipinski definition) is 9. The number of β-lactam (4-membered cyclic amide) rings is 1. The predicted molar refractivity (Wildman–Crippen MR) is 164 cm³/mol. The molecule has 0 aromatic carbocycles. The first-order valence-corrected chi connectivity index (χ1v) is 19.0. The average molecular weight is 638 g/mol. The van der Waals surface area contributed by atoms with Gasteiger partial charge in [-0.2, -0.15) is 0 Å². The Morgan fingerprint density at radius 1 is 1.27 bits per heavy atom. The van der Waals surface area contributed by atoms with Crippen molar-refractivity contribution < 1.29 is 28.3 Å². The number of aromatic nitrogens is 1. The molecule has 5 atom stereocenters. The van der Waals surface area contributed by atoms with Crippen LogP contribution in [0.5, 0.6) is 0 Å². The summed E-state index contributed by atoms with van der Waals surface area (Å²) in [5.74, 6) is -0.959. The minimum absolute atomic E-state index is 0.0427. The lowest BCUT2D eigenvalue weighted by Crippen LogP contribution is -2.64. The fourth-order valence-corrected chi connectivity index (χ4v) is 9.17. The SMILES string of the molecule is C=CCOC(=O)C1=C(Sc2nc(C3=CCN(C(=O)OCC=C)[C@@H]3CCl)cs2)[C@H](C)[C@@H]2[C@@H]([C@@H](C)O[Si](C)(C)C)C(=O)N12. The van der Waals surface area contributed by atoms with E-state index in [1.807, 2.05) is 25.3 Å². The number of hydrogen-bond donors (Lipinski definition) is 0. The third-order valence-corrected chi connectivity index (χ3v) is 10.7. The van der Waals surface area contributed by atoms with Crippen LogP contribution >= 0.6 is 34.7 Å². The average Bonchev–Trinajstić information content (AvgIpc) is 3.60. The quantitative estimate of drug-likeness (QED) is 0.0971. The lowest BCUT2D eigenvalue weighted by atomic mass is 9.79. The number of thiazole rings is 1. The van der Waals surface area contributed by atoms with Gasteiger partial charge in [0.15, 0.2) is 12.7 Å². The summed E-state index contributed by atoms with van der Waals surface area (Å²) in [4.78, 5) is 47.8. The van der Waals surface area contributed by atoms with Crippen molar-refractivity contribution >= 4 is 66.6 Å². The molecule has 3 aliphatic heterocycles. The minimum atomic E-state index is -1.89. The number of thioether (sulfide) groups is 1. The molecule has 0 N–H and O–H groups in total. The lowest BCUT2D eigenvalue weighted by Gasteiger charge is -2.48. The zero-order chi connectivity index (χ0) is 30.1. The number of fused-ring (bicyclic) bond motifs is 1. The zero-order valence-electron chi connectivity index (χ0n) is 23.9. The molecule has 222 valence electrons. The van der Waals surface area contributed by atoms with E-state index in [0.717, 1.165) is 10.5 Å². The van der Waals surface area contributed by atoms with E-state index in [1.165, 1.54) is 35.3 Å². The second-order valence-corrected chi connectivity index (χ2v) is 17.9. The molecule has 3 aliphatic rings. The summed E-state index contributed by atoms with van der Waals surface area (Å²) in [5, 5.41) is 1.91. The van der Waals surface area contributed by atoms with Crippen molar-refractivity contribution in [3.05, 3.63) is 53.1 Å². The Morgan fingerprint density at radius 2 is 1.95 bits per heavy atom. The van der Waals surface area contributed by atoms with Crippen molar-refractivity contribution in [2.75, 3.05) is 25.6 Å². The van der Waals surface area contributed by atoms with Gasteiger partial charge in [-0.25, -0.2) is 14.6 Å². The predicted octanol–water partition coefficient (Wildman–Crippen LogP) is 5.52. The van der Waals surface area contributed by atoms with Crippen molar-refractivity contribution in [3.63, 3.8) is 0 Å². The van der Waals surface area contributed by atoms with Gasteiger partial charge >= 0.3 is 12.1 Å². The van der Waals surface area contributed by atoms with Gasteiger partial charge in [0.2, 0.25) is 5.91 Å². The monoisotopic (exact) mass is 637 g/mol. The molecule has 2 amide bonds. The zero-order valence-corrected chi connectivity index (χ0v) is 27.3. The fraction of sp³-hybridized carbons (Fsp3) is 0.500. The second-order valence-electron chi connectivity index (χ2n) is 11.0. The van der Waals surface area contributed by atoms with Gasteiger partial charge in [-0.1, -0.05) is 50.1 Å². The van der Waals surface area contributed by atoms with Crippen molar-refractivity contribution in [1.29, 1.82) is 0 Å². The molecule has 0 radical (unpaired) electrons. The van der Waals surface area contributed by atoms with Crippen LogP contribution in [-0.4, -0.2) is 84.9 Å². The maximum absolute atomic E-state index is 13.4. The number of carbonyl (C=O) groups is 3. The normalized spacial score (nSPS) is 24.5. The van der Waals surface area contributed by atoms with Crippen LogP contribution in [0.2, 0.25) is 19.6 Å². The summed E-state index contributed by atoms with van der Waals surface area (Å²) in [7, 11) is -1.89. The van der Waals surface area contributed by atoms with Crippen LogP contribution in [0.3, 0.4) is 0 Å². The van der Waals surface area contributed by atoms with E-state index >= 15 is 0 Å². The van der Waals surface area contributed by atoms with Crippen LogP contribution in [-0.2, 0) is 23.5 Å². The van der Waals surface area contributed by atoms with Gasteiger partial charge in [-0.15, -0.1) is 22.9 Å². The van der Waals surface area contributed by atoms with Gasteiger partial charge in [0, 0.05) is 34.2 Å². The summed E-state index contributed by atoms with van der Waals surface area (Å²) in [6.45, 7) is 18.0. The molecule has 1 fully saturated rings. The highest BCUT2D eigenvalue weighted by Crippen LogP contribution is 2.53. The highest BCUT2D eigenvalue weighted by atomic mass is 35.5. The van der Waals surface area contributed by atoms with E-state index < -0.39 is 20.4 Å². The van der Waals surface area contributed by atoms with E-state index in [-0.39, 0.29) is 60.7 Å². The second kappa shape index (κ2) is 12.9. The smallest absolute Gasteiger partial charge is 0.410 e. The lowest BCUT2D eigenvalue weighted by molar-refractivity contribution is -0.163. The van der Waals surface area contributed by atoms with Crippen LogP contribution < -0.4 is 0 Å². The molecule has 13 heteroatoms. The molecule has 0 spiro atoms. The number of esters is 1. The highest BCUT2D eigenvalue weighted by molar-refractivity contribution is 8.04. The summed E-state index contributed by atoms with van der Waals surface area (Å²) < 4.78 is 17.6. The molecule has 0 bridgehead atoms. The molecule has 1 aromatic heterocycles. The Morgan fingerprint density at radius 3 is 2.59 bits per heavy atom. The van der Waals surface area contributed by atoms with Crippen molar-refractivity contribution in [2.45, 2.75) is 56.0 Å². The topological polar surface area (TPSA) is 98.3 Å². The molecular weight excluding hydrogens is 602 g/mol. The molecule has 0 aliphatic carbocycles. The highest BCUT2D eigenvalue weighted by Gasteiger charge is 2.61. The molecule has 1 aromatic rings. The van der Waals surface area contributed by atoms with Crippen LogP contribution in [0, 0.1) is 11.8 Å². The molecule has 4 heterocycles. The molecule has 41 heavy (non-hydrogen) atoms. The standard InChI is InChI=1S/C28H36ClN3O6S2Si/c1-8-12-36-26(34)23-24(16(3)22-21(25(33)32(22)23)17(4)38-41(5,6)7)40-27-30-19(15-39-27)18-10-11-31(20(18)14-29)28(35)37-13-9-2/h8-10,15-17,20-22H,1-2,11-14H2,3-7H3/t16-,17-,20-,21-,22-/m1/s1. The Bertz CT molecular complexity index is 1290. The summed E-state index contributed by atoms with van der Waals surface area (Å²) in [6, 6.07) is -0.577. The van der Waals surface area contributed by atoms with E-state index in [4.69, 9.17) is 30.5 Å². The van der Waals surface area contributed by atoms with Gasteiger partial charge in [0.25, 0.3) is 0 Å². The minimum Gasteiger partial charge on any atom is -0.457 e. The number of rotatable bonds is 12. The Hall–Kier alpha value is -2.38. The van der Waals surface area contributed by atoms with E-state index in [2.05, 4.69) is 32.8 Å². The molecular formula is C28H36ClN3O6S2Si. The summed E-state index contributed by atoms with van der Waals surface area (Å²) >= 11 is 9.06. The largest absolute Gasteiger partial charge is 0.457 e. The van der Waals surface area contributed by atoms with E-state index in [9.17, 15) is 14.4 Å². The molecule has 4 rings (SSSR count). The third kappa shape index (κ3) is 6.36. The third-order valence-electron chi connectivity index (χ3n) is 7.08. The van der Waals surface area contributed by atoms with Gasteiger partial charge in [0.1, 0.15) is 18.9 Å². The molecule has 0 saturated carbocycles. The Balaban J connectivity index is 1.58. The van der Waals surface area contributed by atoms with Crippen LogP contribution in [0.1, 0.15) is 19.5 Å². The summed E-state index contributed by atoms with van der Waals surface area (Å²) in [5.41, 5.74) is 1.81. The Kier molecular flexibility index (Phi) is 9.90. The maximum atomic E-state index is 13.4. The first kappa shape index (κ1) is 31.6. The first-order chi connectivity index (χ1) is 19.4. The van der Waals surface area contributed by atoms with E-state index in [1.54, 1.807) is 9.80 Å². The number of carbonyl (C=O) groups excluding carboxylic acids is 3. The molecule has 0 unspecified atom stereocenters. The number of amides is 2. The van der Waals surface area contributed by atoms with Crippen molar-refractivity contribution in [3.8, 4) is 0 Å². The van der Waals surface area contributed by atoms with Gasteiger partial charge in [-0.05, 0) is 26.6 Å². The summed E-state index contributed by atoms with van der Waals surface area (Å²) in [6.07, 6.45) is 4.21. The number of nitrogens with zero attached hydrogens (tertiary/aromatic N) is 3. The Labute approximate surface area is 255 Å². The number of ether oxygens (including phenoxy) is 2. The fourth-order valence-electron chi connectivity index (χ4n) is 5.48. The van der Waals surface area contributed by atoms with Crippen molar-refractivity contribution in [2.24, 2.45) is 11.8 Å². The number of alkyl halides is 1. The number of halogens is 1. The van der Waals surface area contributed by atoms with Crippen LogP contribution in [0.4, 0.5) is 4.79 Å².